The van der Waals surface area contributed by atoms with Crippen molar-refractivity contribution in [3.8, 4) is 0 Å². The molecule has 0 bridgehead atoms. The van der Waals surface area contributed by atoms with E-state index in [1.807, 2.05) is 19.3 Å². The predicted octanol–water partition coefficient (Wildman–Crippen LogP) is 2.52. The second kappa shape index (κ2) is 11.7. The van der Waals surface area contributed by atoms with Gasteiger partial charge in [-0.3, -0.25) is 4.99 Å². The minimum atomic E-state index is 0. The van der Waals surface area contributed by atoms with Gasteiger partial charge in [-0.1, -0.05) is 13.0 Å². The van der Waals surface area contributed by atoms with E-state index in [1.54, 1.807) is 0 Å². The fourth-order valence-electron chi connectivity index (χ4n) is 4.01. The first-order valence-corrected chi connectivity index (χ1v) is 10.1. The van der Waals surface area contributed by atoms with Gasteiger partial charge in [-0.2, -0.15) is 0 Å². The summed E-state index contributed by atoms with van der Waals surface area (Å²) in [6.45, 7) is 11.1. The summed E-state index contributed by atoms with van der Waals surface area (Å²) >= 11 is 0. The van der Waals surface area contributed by atoms with Gasteiger partial charge in [0, 0.05) is 52.5 Å². The smallest absolute Gasteiger partial charge is 0.193 e. The molecule has 2 aliphatic heterocycles. The molecule has 0 saturated carbocycles. The van der Waals surface area contributed by atoms with Crippen molar-refractivity contribution >= 4 is 35.8 Å². The van der Waals surface area contributed by atoms with Gasteiger partial charge < -0.3 is 20.0 Å². The van der Waals surface area contributed by atoms with Crippen molar-refractivity contribution in [2.75, 3.05) is 64.3 Å². The fraction of sp³-hybridized carbons (Fsp3) is 0.700. The summed E-state index contributed by atoms with van der Waals surface area (Å²) in [5.41, 5.74) is 0. The van der Waals surface area contributed by atoms with Gasteiger partial charge in [0.1, 0.15) is 5.82 Å². The van der Waals surface area contributed by atoms with Crippen LogP contribution in [0.1, 0.15) is 26.2 Å². The Morgan fingerprint density at radius 1 is 1.22 bits per heavy atom. The molecule has 3 rings (SSSR count). The summed E-state index contributed by atoms with van der Waals surface area (Å²) < 4.78 is 0. The number of aliphatic imine (C=N–C) groups is 1. The minimum Gasteiger partial charge on any atom is -0.356 e. The summed E-state index contributed by atoms with van der Waals surface area (Å²) in [5.74, 6) is 2.98. The highest BCUT2D eigenvalue weighted by atomic mass is 127. The largest absolute Gasteiger partial charge is 0.356 e. The molecule has 0 amide bonds. The minimum absolute atomic E-state index is 0. The average Bonchev–Trinajstić information content (AvgIpc) is 2.69. The number of hydrogen-bond donors (Lipinski definition) is 1. The van der Waals surface area contributed by atoms with Crippen LogP contribution in [-0.4, -0.2) is 80.1 Å². The van der Waals surface area contributed by atoms with Gasteiger partial charge in [0.25, 0.3) is 0 Å². The first kappa shape index (κ1) is 22.2. The highest BCUT2D eigenvalue weighted by Gasteiger charge is 2.20. The number of rotatable bonds is 5. The number of piperidine rings is 1. The molecular weight excluding hydrogens is 451 g/mol. The maximum absolute atomic E-state index is 4.49. The third kappa shape index (κ3) is 6.78. The Balaban J connectivity index is 0.00000261. The molecule has 0 spiro atoms. The molecule has 0 radical (unpaired) electrons. The van der Waals surface area contributed by atoms with Crippen LogP contribution in [0.15, 0.2) is 29.4 Å². The highest BCUT2D eigenvalue weighted by molar-refractivity contribution is 14.0. The Bertz CT molecular complexity index is 559. The number of likely N-dealkylation sites (tertiary alicyclic amines) is 1. The molecule has 0 aliphatic carbocycles. The Morgan fingerprint density at radius 2 is 2.04 bits per heavy atom. The summed E-state index contributed by atoms with van der Waals surface area (Å²) in [6.07, 6.45) is 5.80. The van der Waals surface area contributed by atoms with Crippen molar-refractivity contribution in [3.63, 3.8) is 0 Å². The van der Waals surface area contributed by atoms with Crippen LogP contribution in [0, 0.1) is 5.92 Å². The summed E-state index contributed by atoms with van der Waals surface area (Å²) in [5, 5.41) is 3.56. The van der Waals surface area contributed by atoms with E-state index in [0.29, 0.717) is 0 Å². The van der Waals surface area contributed by atoms with Crippen molar-refractivity contribution in [1.29, 1.82) is 0 Å². The average molecular weight is 486 g/mol. The molecular formula is C20H35IN6. The van der Waals surface area contributed by atoms with E-state index in [2.05, 4.69) is 49.0 Å². The van der Waals surface area contributed by atoms with E-state index in [-0.39, 0.29) is 24.0 Å². The number of guanidine groups is 1. The Morgan fingerprint density at radius 3 is 2.70 bits per heavy atom. The van der Waals surface area contributed by atoms with E-state index in [1.165, 1.54) is 38.9 Å². The quantitative estimate of drug-likeness (QED) is 0.300. The Kier molecular flexibility index (Phi) is 9.61. The number of aromatic nitrogens is 1. The maximum Gasteiger partial charge on any atom is 0.193 e. The number of halogens is 1. The molecule has 1 atom stereocenters. The van der Waals surface area contributed by atoms with Gasteiger partial charge in [-0.05, 0) is 50.4 Å². The van der Waals surface area contributed by atoms with Gasteiger partial charge in [0.2, 0.25) is 0 Å². The molecule has 0 aromatic carbocycles. The van der Waals surface area contributed by atoms with E-state index < -0.39 is 0 Å². The van der Waals surface area contributed by atoms with Crippen LogP contribution in [0.4, 0.5) is 5.82 Å². The number of nitrogens with one attached hydrogen (secondary N) is 1. The third-order valence-electron chi connectivity index (χ3n) is 5.44. The molecule has 1 unspecified atom stereocenters. The molecule has 1 aromatic rings. The van der Waals surface area contributed by atoms with Crippen molar-refractivity contribution in [2.24, 2.45) is 10.9 Å². The third-order valence-corrected chi connectivity index (χ3v) is 5.44. The van der Waals surface area contributed by atoms with E-state index >= 15 is 0 Å². The number of hydrogen-bond acceptors (Lipinski definition) is 4. The van der Waals surface area contributed by atoms with Crippen molar-refractivity contribution in [1.82, 2.24) is 20.1 Å². The van der Waals surface area contributed by atoms with Crippen LogP contribution in [0.2, 0.25) is 0 Å². The zero-order chi connectivity index (χ0) is 18.2. The first-order valence-electron chi connectivity index (χ1n) is 10.1. The molecule has 27 heavy (non-hydrogen) atoms. The molecule has 1 N–H and O–H groups in total. The number of anilines is 1. The van der Waals surface area contributed by atoms with Crippen LogP contribution >= 0.6 is 24.0 Å². The molecule has 152 valence electrons. The van der Waals surface area contributed by atoms with Crippen LogP contribution in [0.25, 0.3) is 0 Å². The van der Waals surface area contributed by atoms with Crippen molar-refractivity contribution < 1.29 is 0 Å². The SMILES string of the molecule is CN=C(NCCCN1CCCC(C)C1)N1CCN(c2ccccn2)CC1.I. The second-order valence-electron chi connectivity index (χ2n) is 7.54. The Hall–Kier alpha value is -1.09. The van der Waals surface area contributed by atoms with Crippen molar-refractivity contribution in [2.45, 2.75) is 26.2 Å². The monoisotopic (exact) mass is 486 g/mol. The van der Waals surface area contributed by atoms with Crippen molar-refractivity contribution in [3.05, 3.63) is 24.4 Å². The molecule has 6 nitrogen and oxygen atoms in total. The van der Waals surface area contributed by atoms with Gasteiger partial charge in [0.05, 0.1) is 0 Å². The Labute approximate surface area is 181 Å². The van der Waals surface area contributed by atoms with Gasteiger partial charge >= 0.3 is 0 Å². The first-order chi connectivity index (χ1) is 12.8. The van der Waals surface area contributed by atoms with Gasteiger partial charge in [0.15, 0.2) is 5.96 Å². The molecule has 2 aliphatic rings. The summed E-state index contributed by atoms with van der Waals surface area (Å²) in [4.78, 5) is 16.3. The van der Waals surface area contributed by atoms with E-state index in [4.69, 9.17) is 0 Å². The number of piperazine rings is 1. The maximum atomic E-state index is 4.49. The van der Waals surface area contributed by atoms with Gasteiger partial charge in [-0.15, -0.1) is 24.0 Å². The molecule has 2 saturated heterocycles. The topological polar surface area (TPSA) is 47.0 Å². The van der Waals surface area contributed by atoms with Gasteiger partial charge in [-0.25, -0.2) is 4.98 Å². The lowest BCUT2D eigenvalue weighted by atomic mass is 10.0. The molecule has 2 fully saturated rings. The zero-order valence-corrected chi connectivity index (χ0v) is 19.1. The normalized spacial score (nSPS) is 21.7. The van der Waals surface area contributed by atoms with Crippen LogP contribution in [0.5, 0.6) is 0 Å². The van der Waals surface area contributed by atoms with Crippen LogP contribution in [-0.2, 0) is 0 Å². The van der Waals surface area contributed by atoms with Crippen LogP contribution < -0.4 is 10.2 Å². The summed E-state index contributed by atoms with van der Waals surface area (Å²) in [6, 6.07) is 6.11. The molecule has 7 heteroatoms. The zero-order valence-electron chi connectivity index (χ0n) is 16.8. The predicted molar refractivity (Wildman–Crippen MR) is 124 cm³/mol. The van der Waals surface area contributed by atoms with E-state index in [0.717, 1.165) is 50.4 Å². The lowest BCUT2D eigenvalue weighted by Gasteiger charge is -2.37. The van der Waals surface area contributed by atoms with E-state index in [9.17, 15) is 0 Å². The van der Waals surface area contributed by atoms with Crippen LogP contribution in [0.3, 0.4) is 0 Å². The fourth-order valence-corrected chi connectivity index (χ4v) is 4.01. The standard InChI is InChI=1S/C20H34N6.HI/c1-18-7-5-11-24(17-18)12-6-10-23-20(21-2)26-15-13-25(14-16-26)19-8-3-4-9-22-19;/h3-4,8-9,18H,5-7,10-17H2,1-2H3,(H,21,23);1H. The molecule has 3 heterocycles. The second-order valence-corrected chi connectivity index (χ2v) is 7.54. The summed E-state index contributed by atoms with van der Waals surface area (Å²) in [7, 11) is 1.89. The molecule has 1 aromatic heterocycles. The number of pyridine rings is 1. The highest BCUT2D eigenvalue weighted by Crippen LogP contribution is 2.15. The lowest BCUT2D eigenvalue weighted by Crippen LogP contribution is -2.53. The lowest BCUT2D eigenvalue weighted by molar-refractivity contribution is 0.182. The number of nitrogens with zero attached hydrogens (tertiary/aromatic N) is 5.